The van der Waals surface area contributed by atoms with E-state index in [0.29, 0.717) is 6.42 Å². The monoisotopic (exact) mass is 188 g/mol. The number of aliphatic hydroxyl groups is 1. The van der Waals surface area contributed by atoms with Crippen LogP contribution >= 0.6 is 0 Å². The molecule has 0 saturated heterocycles. The topological polar surface area (TPSA) is 75.4 Å². The van der Waals surface area contributed by atoms with E-state index in [0.717, 1.165) is 12.8 Å². The van der Waals surface area contributed by atoms with Crippen LogP contribution in [0.15, 0.2) is 0 Å². The Hall–Kier alpha value is -0.610. The van der Waals surface area contributed by atoms with Crippen molar-refractivity contribution >= 4 is 5.91 Å². The number of carbonyl (C=O) groups excluding carboxylic acids is 1. The summed E-state index contributed by atoms with van der Waals surface area (Å²) in [5.74, 6) is -0.0738. The first kappa shape index (κ1) is 12.4. The molecular weight excluding hydrogens is 168 g/mol. The molecule has 78 valence electrons. The largest absolute Gasteiger partial charge is 0.394 e. The summed E-state index contributed by atoms with van der Waals surface area (Å²) in [6.07, 6.45) is 1.87. The molecule has 0 aromatic rings. The first-order valence-corrected chi connectivity index (χ1v) is 4.79. The summed E-state index contributed by atoms with van der Waals surface area (Å²) in [4.78, 5) is 11.2. The van der Waals surface area contributed by atoms with E-state index in [-0.39, 0.29) is 24.6 Å². The fourth-order valence-corrected chi connectivity index (χ4v) is 0.946. The highest BCUT2D eigenvalue weighted by Gasteiger charge is 2.11. The minimum absolute atomic E-state index is 0.0103. The van der Waals surface area contributed by atoms with Crippen LogP contribution in [0.25, 0.3) is 0 Å². The molecule has 4 nitrogen and oxygen atoms in total. The highest BCUT2D eigenvalue weighted by Crippen LogP contribution is 1.95. The molecule has 2 atom stereocenters. The minimum Gasteiger partial charge on any atom is -0.394 e. The summed E-state index contributed by atoms with van der Waals surface area (Å²) in [6.45, 7) is 3.85. The molecule has 4 heteroatoms. The third-order valence-electron chi connectivity index (χ3n) is 2.05. The van der Waals surface area contributed by atoms with Gasteiger partial charge in [-0.25, -0.2) is 0 Å². The van der Waals surface area contributed by atoms with E-state index in [1.54, 1.807) is 0 Å². The van der Waals surface area contributed by atoms with E-state index in [4.69, 9.17) is 10.8 Å². The van der Waals surface area contributed by atoms with E-state index in [1.165, 1.54) is 0 Å². The molecule has 0 aromatic carbocycles. The van der Waals surface area contributed by atoms with Gasteiger partial charge in [0.2, 0.25) is 5.91 Å². The number of nitrogens with one attached hydrogen (secondary N) is 1. The Morgan fingerprint density at radius 3 is 2.46 bits per heavy atom. The average molecular weight is 188 g/mol. The Morgan fingerprint density at radius 2 is 2.08 bits per heavy atom. The van der Waals surface area contributed by atoms with Crippen LogP contribution in [0.4, 0.5) is 0 Å². The highest BCUT2D eigenvalue weighted by molar-refractivity contribution is 5.76. The van der Waals surface area contributed by atoms with Gasteiger partial charge in [-0.05, 0) is 12.8 Å². The van der Waals surface area contributed by atoms with Crippen LogP contribution in [0.1, 0.15) is 33.1 Å². The predicted molar refractivity (Wildman–Crippen MR) is 52.2 cm³/mol. The van der Waals surface area contributed by atoms with Crippen LogP contribution in [0, 0.1) is 0 Å². The van der Waals surface area contributed by atoms with E-state index >= 15 is 0 Å². The van der Waals surface area contributed by atoms with Crippen molar-refractivity contribution in [3.63, 3.8) is 0 Å². The summed E-state index contributed by atoms with van der Waals surface area (Å²) in [6, 6.07) is -0.201. The summed E-state index contributed by atoms with van der Waals surface area (Å²) in [5.41, 5.74) is 5.61. The van der Waals surface area contributed by atoms with Crippen LogP contribution in [-0.4, -0.2) is 29.7 Å². The van der Waals surface area contributed by atoms with Gasteiger partial charge in [-0.3, -0.25) is 4.79 Å². The molecule has 0 bridgehead atoms. The van der Waals surface area contributed by atoms with Crippen LogP contribution in [-0.2, 0) is 4.79 Å². The lowest BCUT2D eigenvalue weighted by Crippen LogP contribution is -2.39. The molecule has 1 amide bonds. The van der Waals surface area contributed by atoms with Crippen molar-refractivity contribution in [3.05, 3.63) is 0 Å². The number of aliphatic hydroxyl groups excluding tert-OH is 1. The van der Waals surface area contributed by atoms with Crippen molar-refractivity contribution in [2.75, 3.05) is 6.61 Å². The third-order valence-corrected chi connectivity index (χ3v) is 2.05. The van der Waals surface area contributed by atoms with Gasteiger partial charge in [0.25, 0.3) is 0 Å². The number of rotatable bonds is 6. The summed E-state index contributed by atoms with van der Waals surface area (Å²) >= 11 is 0. The summed E-state index contributed by atoms with van der Waals surface area (Å²) in [7, 11) is 0. The Bertz CT molecular complexity index is 147. The van der Waals surface area contributed by atoms with E-state index in [1.807, 2.05) is 13.8 Å². The second kappa shape index (κ2) is 6.86. The molecule has 0 radical (unpaired) electrons. The van der Waals surface area contributed by atoms with Crippen molar-refractivity contribution in [1.29, 1.82) is 0 Å². The van der Waals surface area contributed by atoms with Gasteiger partial charge in [0.15, 0.2) is 0 Å². The van der Waals surface area contributed by atoms with Crippen molar-refractivity contribution in [1.82, 2.24) is 5.32 Å². The van der Waals surface area contributed by atoms with Crippen molar-refractivity contribution in [2.45, 2.75) is 45.2 Å². The Labute approximate surface area is 79.5 Å². The summed E-state index contributed by atoms with van der Waals surface area (Å²) < 4.78 is 0. The van der Waals surface area contributed by atoms with Crippen LogP contribution in [0.5, 0.6) is 0 Å². The van der Waals surface area contributed by atoms with Gasteiger partial charge < -0.3 is 16.2 Å². The zero-order chi connectivity index (χ0) is 10.3. The average Bonchev–Trinajstić information content (AvgIpc) is 2.13. The minimum atomic E-state index is -0.128. The predicted octanol–water partition coefficient (Wildman–Crippen LogP) is 0.000900. The third kappa shape index (κ3) is 5.60. The Morgan fingerprint density at radius 1 is 1.46 bits per heavy atom. The second-order valence-corrected chi connectivity index (χ2v) is 3.23. The smallest absolute Gasteiger partial charge is 0.221 e. The molecule has 0 aliphatic carbocycles. The normalized spacial score (nSPS) is 15.1. The molecule has 0 aliphatic rings. The molecule has 0 fully saturated rings. The SMILES string of the molecule is CCC(N)CC(=O)N[C@@H](CC)CO. The van der Waals surface area contributed by atoms with Gasteiger partial charge in [0, 0.05) is 12.5 Å². The molecule has 0 saturated carbocycles. The zero-order valence-corrected chi connectivity index (χ0v) is 8.42. The van der Waals surface area contributed by atoms with Crippen LogP contribution in [0.2, 0.25) is 0 Å². The van der Waals surface area contributed by atoms with Gasteiger partial charge in [0.05, 0.1) is 12.6 Å². The Kier molecular flexibility index (Phi) is 6.54. The van der Waals surface area contributed by atoms with E-state index in [9.17, 15) is 4.79 Å². The standard InChI is InChI=1S/C9H20N2O2/c1-3-7(10)5-9(13)11-8(4-2)6-12/h7-8,12H,3-6,10H2,1-2H3,(H,11,13)/t7?,8-/m0/s1. The van der Waals surface area contributed by atoms with Gasteiger partial charge in [-0.15, -0.1) is 0 Å². The fourth-order valence-electron chi connectivity index (χ4n) is 0.946. The number of carbonyl (C=O) groups is 1. The molecule has 0 aromatic heterocycles. The maximum absolute atomic E-state index is 11.2. The van der Waals surface area contributed by atoms with Crippen molar-refractivity contribution in [2.24, 2.45) is 5.73 Å². The van der Waals surface area contributed by atoms with Gasteiger partial charge in [0.1, 0.15) is 0 Å². The zero-order valence-electron chi connectivity index (χ0n) is 8.42. The van der Waals surface area contributed by atoms with Crippen LogP contribution < -0.4 is 11.1 Å². The van der Waals surface area contributed by atoms with Crippen LogP contribution in [0.3, 0.4) is 0 Å². The molecule has 1 unspecified atom stereocenters. The molecular formula is C9H20N2O2. The quantitative estimate of drug-likeness (QED) is 0.549. The molecule has 4 N–H and O–H groups in total. The summed E-state index contributed by atoms with van der Waals surface area (Å²) in [5, 5.41) is 11.5. The lowest BCUT2D eigenvalue weighted by molar-refractivity contribution is -0.122. The molecule has 0 heterocycles. The lowest BCUT2D eigenvalue weighted by atomic mass is 10.1. The van der Waals surface area contributed by atoms with Gasteiger partial charge in [-0.1, -0.05) is 13.8 Å². The molecule has 0 spiro atoms. The molecule has 13 heavy (non-hydrogen) atoms. The maximum Gasteiger partial charge on any atom is 0.221 e. The van der Waals surface area contributed by atoms with E-state index < -0.39 is 0 Å². The number of hydrogen-bond acceptors (Lipinski definition) is 3. The number of nitrogens with two attached hydrogens (primary N) is 1. The second-order valence-electron chi connectivity index (χ2n) is 3.23. The molecule has 0 aliphatic heterocycles. The maximum atomic E-state index is 11.2. The highest BCUT2D eigenvalue weighted by atomic mass is 16.3. The van der Waals surface area contributed by atoms with Gasteiger partial charge >= 0.3 is 0 Å². The van der Waals surface area contributed by atoms with Crippen molar-refractivity contribution < 1.29 is 9.90 Å². The van der Waals surface area contributed by atoms with E-state index in [2.05, 4.69) is 5.32 Å². The van der Waals surface area contributed by atoms with Gasteiger partial charge in [-0.2, -0.15) is 0 Å². The van der Waals surface area contributed by atoms with Crippen molar-refractivity contribution in [3.8, 4) is 0 Å². The first-order chi connectivity index (χ1) is 6.13. The molecule has 0 rings (SSSR count). The lowest BCUT2D eigenvalue weighted by Gasteiger charge is -2.15. The first-order valence-electron chi connectivity index (χ1n) is 4.79. The number of hydrogen-bond donors (Lipinski definition) is 3. The Balaban J connectivity index is 3.72. The number of amides is 1. The fraction of sp³-hybridized carbons (Fsp3) is 0.889.